The van der Waals surface area contributed by atoms with Gasteiger partial charge in [-0.2, -0.15) is 13.2 Å². The predicted octanol–water partition coefficient (Wildman–Crippen LogP) is 3.45. The molecule has 134 valence electrons. The average molecular weight is 345 g/mol. The third kappa shape index (κ3) is 4.77. The summed E-state index contributed by atoms with van der Waals surface area (Å²) >= 11 is 0. The van der Waals surface area contributed by atoms with Crippen LogP contribution in [0.1, 0.15) is 31.7 Å². The van der Waals surface area contributed by atoms with Gasteiger partial charge in [0.15, 0.2) is 0 Å². The fourth-order valence-electron chi connectivity index (χ4n) is 2.60. The van der Waals surface area contributed by atoms with Gasteiger partial charge in [-0.3, -0.25) is 0 Å². The summed E-state index contributed by atoms with van der Waals surface area (Å²) in [6.07, 6.45) is -2.21. The van der Waals surface area contributed by atoms with Gasteiger partial charge in [0.1, 0.15) is 5.75 Å². The van der Waals surface area contributed by atoms with Gasteiger partial charge < -0.3 is 20.7 Å². The zero-order valence-corrected chi connectivity index (χ0v) is 13.5. The Morgan fingerprint density at radius 1 is 1.38 bits per heavy atom. The van der Waals surface area contributed by atoms with Crippen molar-refractivity contribution in [2.75, 3.05) is 25.0 Å². The Hall–Kier alpha value is -1.96. The van der Waals surface area contributed by atoms with Gasteiger partial charge in [-0.25, -0.2) is 4.79 Å². The maximum Gasteiger partial charge on any atom is 0.416 e. The van der Waals surface area contributed by atoms with Gasteiger partial charge in [0.2, 0.25) is 0 Å². The Morgan fingerprint density at radius 3 is 2.79 bits per heavy atom. The molecule has 8 heteroatoms. The second-order valence-corrected chi connectivity index (χ2v) is 5.75. The number of benzene rings is 1. The molecule has 1 aliphatic rings. The normalized spacial score (nSPS) is 18.9. The molecule has 1 aliphatic heterocycles. The van der Waals surface area contributed by atoms with Crippen LogP contribution in [0.2, 0.25) is 0 Å². The van der Waals surface area contributed by atoms with E-state index in [9.17, 15) is 18.0 Å². The Balaban J connectivity index is 2.18. The molecule has 0 spiro atoms. The van der Waals surface area contributed by atoms with E-state index in [1.807, 2.05) is 0 Å². The molecule has 0 unspecified atom stereocenters. The Morgan fingerprint density at radius 2 is 2.12 bits per heavy atom. The first kappa shape index (κ1) is 18.4. The number of anilines is 1. The maximum absolute atomic E-state index is 12.9. The molecule has 1 saturated heterocycles. The average Bonchev–Trinajstić information content (AvgIpc) is 2.73. The molecule has 3 N–H and O–H groups in total. The van der Waals surface area contributed by atoms with Crippen molar-refractivity contribution in [2.45, 2.75) is 38.4 Å². The second-order valence-electron chi connectivity index (χ2n) is 5.75. The van der Waals surface area contributed by atoms with Gasteiger partial charge in [-0.05, 0) is 44.4 Å². The minimum atomic E-state index is -4.49. The van der Waals surface area contributed by atoms with Crippen LogP contribution < -0.4 is 15.8 Å². The molecule has 0 bridgehead atoms. The lowest BCUT2D eigenvalue weighted by molar-refractivity contribution is -0.137. The third-order valence-electron chi connectivity index (χ3n) is 3.91. The van der Waals surface area contributed by atoms with E-state index >= 15 is 0 Å². The minimum absolute atomic E-state index is 0.0187. The van der Waals surface area contributed by atoms with E-state index in [2.05, 4.69) is 5.32 Å². The highest BCUT2D eigenvalue weighted by molar-refractivity contribution is 5.91. The largest absolute Gasteiger partial charge is 0.492 e. The minimum Gasteiger partial charge on any atom is -0.492 e. The molecule has 1 fully saturated rings. The highest BCUT2D eigenvalue weighted by atomic mass is 19.4. The first-order chi connectivity index (χ1) is 11.3. The molecule has 0 aromatic heterocycles. The van der Waals surface area contributed by atoms with Crippen LogP contribution in [0.15, 0.2) is 18.2 Å². The van der Waals surface area contributed by atoms with Crippen LogP contribution in [0.25, 0.3) is 0 Å². The number of nitrogens with zero attached hydrogens (tertiary/aromatic N) is 1. The van der Waals surface area contributed by atoms with Gasteiger partial charge in [0, 0.05) is 19.1 Å². The van der Waals surface area contributed by atoms with Crippen LogP contribution in [0.4, 0.5) is 23.7 Å². The molecule has 24 heavy (non-hydrogen) atoms. The number of urea groups is 1. The molecule has 1 aromatic rings. The molecule has 2 amide bonds. The molecular weight excluding hydrogens is 323 g/mol. The molecule has 1 heterocycles. The summed E-state index contributed by atoms with van der Waals surface area (Å²) in [7, 11) is 0. The zero-order chi connectivity index (χ0) is 17.7. The summed E-state index contributed by atoms with van der Waals surface area (Å²) < 4.78 is 44.0. The van der Waals surface area contributed by atoms with Gasteiger partial charge in [0.25, 0.3) is 0 Å². The SMILES string of the molecule is CCOc1ccc(C(F)(F)F)cc1NC(=O)N1CCC[C@H](N)CC1. The van der Waals surface area contributed by atoms with Crippen LogP contribution in [0.5, 0.6) is 5.75 Å². The van der Waals surface area contributed by atoms with Crippen molar-refractivity contribution in [3.8, 4) is 5.75 Å². The molecule has 0 saturated carbocycles. The standard InChI is InChI=1S/C16H22F3N3O2/c1-2-24-14-6-5-11(16(17,18)19)10-13(14)21-15(23)22-8-3-4-12(20)7-9-22/h5-6,10,12H,2-4,7-9,20H2,1H3,(H,21,23)/t12-/m0/s1. The fraction of sp³-hybridized carbons (Fsp3) is 0.562. The number of rotatable bonds is 3. The van der Waals surface area contributed by atoms with E-state index in [1.165, 1.54) is 6.07 Å². The number of carbonyl (C=O) groups excluding carboxylic acids is 1. The summed E-state index contributed by atoms with van der Waals surface area (Å²) in [6, 6.07) is 2.66. The van der Waals surface area contributed by atoms with Gasteiger partial charge in [0.05, 0.1) is 17.9 Å². The molecule has 5 nitrogen and oxygen atoms in total. The van der Waals surface area contributed by atoms with Crippen LogP contribution in [0.3, 0.4) is 0 Å². The summed E-state index contributed by atoms with van der Waals surface area (Å²) in [5, 5.41) is 2.54. The monoisotopic (exact) mass is 345 g/mol. The summed E-state index contributed by atoms with van der Waals surface area (Å²) in [5.74, 6) is 0.213. The van der Waals surface area contributed by atoms with Gasteiger partial charge in [-0.15, -0.1) is 0 Å². The van der Waals surface area contributed by atoms with E-state index in [0.717, 1.165) is 25.0 Å². The Labute approximate surface area is 138 Å². The number of nitrogens with two attached hydrogens (primary N) is 1. The molecule has 0 aliphatic carbocycles. The lowest BCUT2D eigenvalue weighted by Crippen LogP contribution is -2.36. The van der Waals surface area contributed by atoms with E-state index in [4.69, 9.17) is 10.5 Å². The topological polar surface area (TPSA) is 67.6 Å². The lowest BCUT2D eigenvalue weighted by Gasteiger charge is -2.22. The van der Waals surface area contributed by atoms with E-state index in [0.29, 0.717) is 19.5 Å². The van der Waals surface area contributed by atoms with Crippen molar-refractivity contribution in [2.24, 2.45) is 5.73 Å². The number of hydrogen-bond acceptors (Lipinski definition) is 3. The van der Waals surface area contributed by atoms with Crippen molar-refractivity contribution in [1.29, 1.82) is 0 Å². The van der Waals surface area contributed by atoms with Crippen molar-refractivity contribution < 1.29 is 22.7 Å². The van der Waals surface area contributed by atoms with E-state index < -0.39 is 17.8 Å². The number of ether oxygens (including phenoxy) is 1. The maximum atomic E-state index is 12.9. The highest BCUT2D eigenvalue weighted by Gasteiger charge is 2.31. The summed E-state index contributed by atoms with van der Waals surface area (Å²) in [5.41, 5.74) is 5.06. The number of likely N-dealkylation sites (tertiary alicyclic amines) is 1. The van der Waals surface area contributed by atoms with Crippen LogP contribution in [-0.2, 0) is 6.18 Å². The first-order valence-corrected chi connectivity index (χ1v) is 7.96. The number of amides is 2. The Kier molecular flexibility index (Phi) is 5.93. The van der Waals surface area contributed by atoms with Gasteiger partial charge >= 0.3 is 12.2 Å². The number of carbonyl (C=O) groups is 1. The quantitative estimate of drug-likeness (QED) is 0.882. The van der Waals surface area contributed by atoms with E-state index in [-0.39, 0.29) is 24.1 Å². The summed E-state index contributed by atoms with van der Waals surface area (Å²) in [4.78, 5) is 14.0. The fourth-order valence-corrected chi connectivity index (χ4v) is 2.60. The third-order valence-corrected chi connectivity index (χ3v) is 3.91. The van der Waals surface area contributed by atoms with Crippen molar-refractivity contribution >= 4 is 11.7 Å². The van der Waals surface area contributed by atoms with Crippen molar-refractivity contribution in [3.05, 3.63) is 23.8 Å². The van der Waals surface area contributed by atoms with E-state index in [1.54, 1.807) is 11.8 Å². The smallest absolute Gasteiger partial charge is 0.416 e. The van der Waals surface area contributed by atoms with Crippen molar-refractivity contribution in [1.82, 2.24) is 4.90 Å². The molecule has 1 aromatic carbocycles. The lowest BCUT2D eigenvalue weighted by atomic mass is 10.1. The predicted molar refractivity (Wildman–Crippen MR) is 85.0 cm³/mol. The van der Waals surface area contributed by atoms with Gasteiger partial charge in [-0.1, -0.05) is 0 Å². The molecule has 1 atom stereocenters. The molecular formula is C16H22F3N3O2. The number of hydrogen-bond donors (Lipinski definition) is 2. The second kappa shape index (κ2) is 7.74. The molecule has 2 rings (SSSR count). The number of alkyl halides is 3. The number of halogens is 3. The number of nitrogens with one attached hydrogen (secondary N) is 1. The van der Waals surface area contributed by atoms with Crippen LogP contribution in [0, 0.1) is 0 Å². The first-order valence-electron chi connectivity index (χ1n) is 7.96. The van der Waals surface area contributed by atoms with Crippen LogP contribution >= 0.6 is 0 Å². The summed E-state index contributed by atoms with van der Waals surface area (Å²) in [6.45, 7) is 3.02. The van der Waals surface area contributed by atoms with Crippen molar-refractivity contribution in [3.63, 3.8) is 0 Å². The van der Waals surface area contributed by atoms with Crippen LogP contribution in [-0.4, -0.2) is 36.7 Å². The Bertz CT molecular complexity index is 578. The zero-order valence-electron chi connectivity index (χ0n) is 13.5. The molecule has 0 radical (unpaired) electrons. The highest BCUT2D eigenvalue weighted by Crippen LogP contribution is 2.35.